The van der Waals surface area contributed by atoms with E-state index >= 15 is 0 Å². The van der Waals surface area contributed by atoms with E-state index in [1.807, 2.05) is 0 Å². The molecule has 2 rings (SSSR count). The fourth-order valence-corrected chi connectivity index (χ4v) is 1.53. The molecule has 0 aliphatic rings. The molecule has 3 nitrogen and oxygen atoms in total. The summed E-state index contributed by atoms with van der Waals surface area (Å²) in [6.45, 7) is -1.39. The van der Waals surface area contributed by atoms with Gasteiger partial charge in [-0.05, 0) is 18.2 Å². The zero-order valence-electron chi connectivity index (χ0n) is 7.71. The second-order valence-electron chi connectivity index (χ2n) is 3.18. The molecule has 0 radical (unpaired) electrons. The van der Waals surface area contributed by atoms with E-state index in [9.17, 15) is 18.0 Å². The van der Waals surface area contributed by atoms with Gasteiger partial charge in [-0.3, -0.25) is 4.57 Å². The lowest BCUT2D eigenvalue weighted by Gasteiger charge is -2.06. The molecule has 0 aliphatic carbocycles. The molecule has 0 amide bonds. The van der Waals surface area contributed by atoms with Gasteiger partial charge in [0.25, 0.3) is 0 Å². The summed E-state index contributed by atoms with van der Waals surface area (Å²) in [5, 5.41) is 0.240. The van der Waals surface area contributed by atoms with Crippen molar-refractivity contribution in [3.8, 4) is 0 Å². The van der Waals surface area contributed by atoms with Gasteiger partial charge in [0.05, 0.1) is 5.52 Å². The standard InChI is InChI=1S/C9H5ClF3NO2/c10-5-1-2-7-6(3-5)14(8(15)16-7)4-9(11,12)13/h1-3H,4H2. The summed E-state index contributed by atoms with van der Waals surface area (Å²) >= 11 is 5.63. The van der Waals surface area contributed by atoms with Gasteiger partial charge in [0.1, 0.15) is 6.54 Å². The number of benzene rings is 1. The van der Waals surface area contributed by atoms with E-state index < -0.39 is 18.5 Å². The molecule has 1 aromatic heterocycles. The fraction of sp³-hybridized carbons (Fsp3) is 0.222. The predicted octanol–water partition coefficient (Wildman–Crippen LogP) is 2.81. The van der Waals surface area contributed by atoms with Crippen LogP contribution >= 0.6 is 11.6 Å². The molecule has 0 aliphatic heterocycles. The fourth-order valence-electron chi connectivity index (χ4n) is 1.36. The van der Waals surface area contributed by atoms with Crippen molar-refractivity contribution in [1.29, 1.82) is 0 Å². The van der Waals surface area contributed by atoms with Crippen LogP contribution < -0.4 is 5.76 Å². The van der Waals surface area contributed by atoms with Gasteiger partial charge in [-0.1, -0.05) is 11.6 Å². The minimum absolute atomic E-state index is 0.0369. The van der Waals surface area contributed by atoms with Crippen LogP contribution in [0.3, 0.4) is 0 Å². The normalized spacial score (nSPS) is 12.2. The summed E-state index contributed by atoms with van der Waals surface area (Å²) in [4.78, 5) is 11.2. The van der Waals surface area contributed by atoms with Gasteiger partial charge >= 0.3 is 11.9 Å². The van der Waals surface area contributed by atoms with Crippen LogP contribution in [0.25, 0.3) is 11.1 Å². The van der Waals surface area contributed by atoms with Gasteiger partial charge in [0.2, 0.25) is 0 Å². The number of halogens is 4. The number of hydrogen-bond acceptors (Lipinski definition) is 2. The van der Waals surface area contributed by atoms with Gasteiger partial charge < -0.3 is 4.42 Å². The number of fused-ring (bicyclic) bond motifs is 1. The third-order valence-electron chi connectivity index (χ3n) is 1.97. The van der Waals surface area contributed by atoms with Crippen LogP contribution in [0.15, 0.2) is 27.4 Å². The van der Waals surface area contributed by atoms with E-state index in [2.05, 4.69) is 4.42 Å². The first kappa shape index (κ1) is 11.1. The van der Waals surface area contributed by atoms with Crippen molar-refractivity contribution in [1.82, 2.24) is 4.57 Å². The van der Waals surface area contributed by atoms with Crippen molar-refractivity contribution in [3.05, 3.63) is 33.8 Å². The van der Waals surface area contributed by atoms with E-state index in [4.69, 9.17) is 11.6 Å². The maximum atomic E-state index is 12.2. The second kappa shape index (κ2) is 3.55. The average Bonchev–Trinajstić information content (AvgIpc) is 2.42. The maximum absolute atomic E-state index is 12.2. The van der Waals surface area contributed by atoms with Crippen LogP contribution in [-0.4, -0.2) is 10.7 Å². The lowest BCUT2D eigenvalue weighted by molar-refractivity contribution is -0.140. The molecule has 1 aromatic carbocycles. The smallest absolute Gasteiger partial charge is 0.408 e. The van der Waals surface area contributed by atoms with Gasteiger partial charge in [-0.2, -0.15) is 13.2 Å². The molecule has 86 valence electrons. The lowest BCUT2D eigenvalue weighted by Crippen LogP contribution is -2.24. The zero-order chi connectivity index (χ0) is 11.9. The number of aromatic nitrogens is 1. The molecule has 0 bridgehead atoms. The Kier molecular flexibility index (Phi) is 2.46. The van der Waals surface area contributed by atoms with E-state index in [-0.39, 0.29) is 16.1 Å². The summed E-state index contributed by atoms with van der Waals surface area (Å²) in [6, 6.07) is 4.05. The van der Waals surface area contributed by atoms with E-state index in [0.717, 1.165) is 0 Å². The largest absolute Gasteiger partial charge is 0.420 e. The summed E-state index contributed by atoms with van der Waals surface area (Å²) in [7, 11) is 0. The number of hydrogen-bond donors (Lipinski definition) is 0. The van der Waals surface area contributed by atoms with Crippen LogP contribution in [0, 0.1) is 0 Å². The van der Waals surface area contributed by atoms with E-state index in [1.54, 1.807) is 0 Å². The van der Waals surface area contributed by atoms with Crippen LogP contribution in [0.4, 0.5) is 13.2 Å². The Labute approximate surface area is 92.0 Å². The first-order chi connectivity index (χ1) is 7.37. The van der Waals surface area contributed by atoms with E-state index in [0.29, 0.717) is 4.57 Å². The minimum atomic E-state index is -4.48. The van der Waals surface area contributed by atoms with Crippen molar-refractivity contribution in [3.63, 3.8) is 0 Å². The summed E-state index contributed by atoms with van der Waals surface area (Å²) < 4.78 is 41.7. The van der Waals surface area contributed by atoms with Gasteiger partial charge in [-0.15, -0.1) is 0 Å². The molecular formula is C9H5ClF3NO2. The third-order valence-corrected chi connectivity index (χ3v) is 2.20. The quantitative estimate of drug-likeness (QED) is 0.781. The number of nitrogens with zero attached hydrogens (tertiary/aromatic N) is 1. The summed E-state index contributed by atoms with van der Waals surface area (Å²) in [5.74, 6) is -1.05. The molecule has 0 spiro atoms. The highest BCUT2D eigenvalue weighted by molar-refractivity contribution is 6.31. The average molecular weight is 252 g/mol. The summed E-state index contributed by atoms with van der Waals surface area (Å²) in [6.07, 6.45) is -4.48. The molecule has 0 saturated carbocycles. The highest BCUT2D eigenvalue weighted by atomic mass is 35.5. The number of rotatable bonds is 1. The van der Waals surface area contributed by atoms with Crippen LogP contribution in [0.1, 0.15) is 0 Å². The number of oxazole rings is 1. The number of alkyl halides is 3. The molecule has 2 aromatic rings. The van der Waals surface area contributed by atoms with Crippen molar-refractivity contribution in [2.24, 2.45) is 0 Å². The molecule has 16 heavy (non-hydrogen) atoms. The highest BCUT2D eigenvalue weighted by Gasteiger charge is 2.30. The van der Waals surface area contributed by atoms with Crippen molar-refractivity contribution in [2.75, 3.05) is 0 Å². The Morgan fingerprint density at radius 3 is 2.69 bits per heavy atom. The lowest BCUT2D eigenvalue weighted by atomic mass is 10.3. The first-order valence-electron chi connectivity index (χ1n) is 4.22. The van der Waals surface area contributed by atoms with Gasteiger partial charge in [0.15, 0.2) is 5.58 Å². The van der Waals surface area contributed by atoms with Crippen molar-refractivity contribution < 1.29 is 17.6 Å². The van der Waals surface area contributed by atoms with E-state index in [1.165, 1.54) is 18.2 Å². The minimum Gasteiger partial charge on any atom is -0.408 e. The molecular weight excluding hydrogens is 247 g/mol. The molecule has 0 unspecified atom stereocenters. The molecule has 1 heterocycles. The summed E-state index contributed by atoms with van der Waals surface area (Å²) in [5.41, 5.74) is 0.119. The SMILES string of the molecule is O=c1oc2ccc(Cl)cc2n1CC(F)(F)F. The third kappa shape index (κ3) is 2.06. The topological polar surface area (TPSA) is 35.1 Å². The predicted molar refractivity (Wildman–Crippen MR) is 51.5 cm³/mol. The van der Waals surface area contributed by atoms with Crippen molar-refractivity contribution >= 4 is 22.7 Å². The van der Waals surface area contributed by atoms with Crippen LogP contribution in [0.5, 0.6) is 0 Å². The van der Waals surface area contributed by atoms with Crippen LogP contribution in [-0.2, 0) is 6.54 Å². The second-order valence-corrected chi connectivity index (χ2v) is 3.62. The first-order valence-corrected chi connectivity index (χ1v) is 4.60. The Morgan fingerprint density at radius 2 is 2.06 bits per heavy atom. The van der Waals surface area contributed by atoms with Gasteiger partial charge in [-0.25, -0.2) is 4.79 Å². The molecule has 0 fully saturated rings. The monoisotopic (exact) mass is 251 g/mol. The highest BCUT2D eigenvalue weighted by Crippen LogP contribution is 2.22. The molecule has 7 heteroatoms. The van der Waals surface area contributed by atoms with Gasteiger partial charge in [0, 0.05) is 5.02 Å². The Balaban J connectivity index is 2.63. The van der Waals surface area contributed by atoms with Crippen molar-refractivity contribution in [2.45, 2.75) is 12.7 Å². The molecule has 0 atom stereocenters. The molecule has 0 N–H and O–H groups in total. The zero-order valence-corrected chi connectivity index (χ0v) is 8.47. The molecule has 0 saturated heterocycles. The maximum Gasteiger partial charge on any atom is 0.420 e. The van der Waals surface area contributed by atoms with Crippen LogP contribution in [0.2, 0.25) is 5.02 Å². The Bertz CT molecular complexity index is 584. The Hall–Kier alpha value is -1.43. The Morgan fingerprint density at radius 1 is 1.38 bits per heavy atom.